The molecule has 3 amide bonds. The minimum atomic E-state index is -0.501. The fourth-order valence-electron chi connectivity index (χ4n) is 3.99. The number of carbonyl (C=O) groups is 3. The monoisotopic (exact) mass is 397 g/mol. The van der Waals surface area contributed by atoms with Crippen molar-refractivity contribution in [2.75, 3.05) is 16.8 Å². The predicted octanol–water partition coefficient (Wildman–Crippen LogP) is 3.03. The van der Waals surface area contributed by atoms with E-state index in [1.165, 1.54) is 11.3 Å². The zero-order valence-electron chi connectivity index (χ0n) is 15.8. The first kappa shape index (κ1) is 18.7. The average Bonchev–Trinajstić information content (AvgIpc) is 3.22. The Morgan fingerprint density at radius 2 is 1.89 bits per heavy atom. The van der Waals surface area contributed by atoms with Crippen LogP contribution in [-0.4, -0.2) is 24.3 Å². The molecular weight excluding hydrogens is 374 g/mol. The van der Waals surface area contributed by atoms with Crippen LogP contribution in [0.4, 0.5) is 10.7 Å². The molecule has 0 spiro atoms. The standard InChI is InChI=1S/C21H23N3O3S/c1-12-6-8-14(9-7-12)24-11-13(10-17(24)25)20(27)23-21-18(19(22)26)15-4-2-3-5-16(15)28-21/h6-9,13H,2-5,10-11H2,1H3,(H2,22,26)(H,23,27). The maximum Gasteiger partial charge on any atom is 0.251 e. The van der Waals surface area contributed by atoms with Crippen molar-refractivity contribution >= 4 is 39.7 Å². The van der Waals surface area contributed by atoms with Crippen molar-refractivity contribution in [2.45, 2.75) is 39.0 Å². The molecule has 2 aliphatic rings. The van der Waals surface area contributed by atoms with Crippen molar-refractivity contribution < 1.29 is 14.4 Å². The second-order valence-corrected chi connectivity index (χ2v) is 8.61. The van der Waals surface area contributed by atoms with E-state index in [1.807, 2.05) is 31.2 Å². The fraction of sp³-hybridized carbons (Fsp3) is 0.381. The molecule has 2 heterocycles. The molecule has 1 aromatic heterocycles. The summed E-state index contributed by atoms with van der Waals surface area (Å²) in [5, 5.41) is 3.43. The lowest BCUT2D eigenvalue weighted by atomic mass is 9.95. The number of primary amides is 1. The number of carbonyl (C=O) groups excluding carboxylic acids is 3. The number of nitrogens with two attached hydrogens (primary N) is 1. The summed E-state index contributed by atoms with van der Waals surface area (Å²) < 4.78 is 0. The van der Waals surface area contributed by atoms with E-state index in [0.29, 0.717) is 17.1 Å². The predicted molar refractivity (Wildman–Crippen MR) is 110 cm³/mol. The van der Waals surface area contributed by atoms with Gasteiger partial charge in [0.2, 0.25) is 11.8 Å². The van der Waals surface area contributed by atoms with Gasteiger partial charge in [0.25, 0.3) is 5.91 Å². The van der Waals surface area contributed by atoms with Crippen LogP contribution in [0.5, 0.6) is 0 Å². The normalized spacial score (nSPS) is 18.8. The molecule has 1 atom stereocenters. The third-order valence-corrected chi connectivity index (χ3v) is 6.70. The highest BCUT2D eigenvalue weighted by Crippen LogP contribution is 2.38. The number of amides is 3. The van der Waals surface area contributed by atoms with E-state index < -0.39 is 11.8 Å². The van der Waals surface area contributed by atoms with E-state index in [9.17, 15) is 14.4 Å². The third-order valence-electron chi connectivity index (χ3n) is 5.50. The molecule has 0 bridgehead atoms. The van der Waals surface area contributed by atoms with Gasteiger partial charge in [-0.15, -0.1) is 11.3 Å². The smallest absolute Gasteiger partial charge is 0.251 e. The first-order chi connectivity index (χ1) is 13.4. The Kier molecular flexibility index (Phi) is 4.93. The van der Waals surface area contributed by atoms with Gasteiger partial charge in [0.1, 0.15) is 5.00 Å². The summed E-state index contributed by atoms with van der Waals surface area (Å²) in [5.74, 6) is -1.25. The number of hydrogen-bond acceptors (Lipinski definition) is 4. The number of anilines is 2. The molecule has 1 aliphatic heterocycles. The van der Waals surface area contributed by atoms with Gasteiger partial charge >= 0.3 is 0 Å². The zero-order chi connectivity index (χ0) is 19.8. The van der Waals surface area contributed by atoms with E-state index in [-0.39, 0.29) is 18.2 Å². The van der Waals surface area contributed by atoms with Crippen LogP contribution in [0.1, 0.15) is 45.6 Å². The molecule has 3 N–H and O–H groups in total. The van der Waals surface area contributed by atoms with Gasteiger partial charge in [-0.05, 0) is 50.3 Å². The van der Waals surface area contributed by atoms with Gasteiger partial charge in [0, 0.05) is 23.5 Å². The minimum Gasteiger partial charge on any atom is -0.365 e. The highest BCUT2D eigenvalue weighted by atomic mass is 32.1. The van der Waals surface area contributed by atoms with Crippen LogP contribution in [0.15, 0.2) is 24.3 Å². The third kappa shape index (κ3) is 3.42. The zero-order valence-corrected chi connectivity index (χ0v) is 16.6. The second-order valence-electron chi connectivity index (χ2n) is 7.51. The van der Waals surface area contributed by atoms with Crippen LogP contribution in [0.3, 0.4) is 0 Å². The summed E-state index contributed by atoms with van der Waals surface area (Å²) in [6, 6.07) is 7.69. The lowest BCUT2D eigenvalue weighted by Crippen LogP contribution is -2.28. The summed E-state index contributed by atoms with van der Waals surface area (Å²) in [6.45, 7) is 2.33. The number of benzene rings is 1. The van der Waals surface area contributed by atoms with Gasteiger partial charge in [-0.2, -0.15) is 0 Å². The first-order valence-electron chi connectivity index (χ1n) is 9.56. The topological polar surface area (TPSA) is 92.5 Å². The van der Waals surface area contributed by atoms with Crippen LogP contribution in [0, 0.1) is 12.8 Å². The number of rotatable bonds is 4. The van der Waals surface area contributed by atoms with Crippen LogP contribution in [-0.2, 0) is 22.4 Å². The molecule has 6 nitrogen and oxygen atoms in total. The van der Waals surface area contributed by atoms with Crippen molar-refractivity contribution in [3.63, 3.8) is 0 Å². The van der Waals surface area contributed by atoms with E-state index >= 15 is 0 Å². The maximum absolute atomic E-state index is 12.8. The van der Waals surface area contributed by atoms with Crippen molar-refractivity contribution in [3.8, 4) is 0 Å². The Hall–Kier alpha value is -2.67. The SMILES string of the molecule is Cc1ccc(N2CC(C(=O)Nc3sc4c(c3C(N)=O)CCCC4)CC2=O)cc1. The maximum atomic E-state index is 12.8. The lowest BCUT2D eigenvalue weighted by molar-refractivity contribution is -0.122. The Balaban J connectivity index is 1.52. The number of aryl methyl sites for hydroxylation is 2. The van der Waals surface area contributed by atoms with Crippen molar-refractivity contribution in [1.29, 1.82) is 0 Å². The first-order valence-corrected chi connectivity index (χ1v) is 10.4. The van der Waals surface area contributed by atoms with Crippen molar-refractivity contribution in [3.05, 3.63) is 45.8 Å². The molecule has 1 unspecified atom stereocenters. The fourth-order valence-corrected chi connectivity index (χ4v) is 5.28. The highest BCUT2D eigenvalue weighted by molar-refractivity contribution is 7.17. The molecule has 2 aromatic rings. The summed E-state index contributed by atoms with van der Waals surface area (Å²) in [4.78, 5) is 40.1. The number of nitrogens with one attached hydrogen (secondary N) is 1. The molecule has 1 fully saturated rings. The van der Waals surface area contributed by atoms with E-state index in [2.05, 4.69) is 5.32 Å². The quantitative estimate of drug-likeness (QED) is 0.831. The Morgan fingerprint density at radius 3 is 2.61 bits per heavy atom. The van der Waals surface area contributed by atoms with Gasteiger partial charge < -0.3 is 16.0 Å². The number of nitrogens with zero attached hydrogens (tertiary/aromatic N) is 1. The van der Waals surface area contributed by atoms with E-state index in [0.717, 1.165) is 47.4 Å². The largest absolute Gasteiger partial charge is 0.365 e. The van der Waals surface area contributed by atoms with Crippen LogP contribution < -0.4 is 16.0 Å². The van der Waals surface area contributed by atoms with Gasteiger partial charge in [0.05, 0.1) is 11.5 Å². The number of fused-ring (bicyclic) bond motifs is 1. The van der Waals surface area contributed by atoms with Gasteiger partial charge in [-0.25, -0.2) is 0 Å². The van der Waals surface area contributed by atoms with Crippen LogP contribution >= 0.6 is 11.3 Å². The van der Waals surface area contributed by atoms with E-state index in [1.54, 1.807) is 4.90 Å². The molecule has 146 valence electrons. The Labute approximate surface area is 167 Å². The molecule has 4 rings (SSSR count). The number of hydrogen-bond donors (Lipinski definition) is 2. The summed E-state index contributed by atoms with van der Waals surface area (Å²) in [6.07, 6.45) is 4.01. The highest BCUT2D eigenvalue weighted by Gasteiger charge is 2.36. The Morgan fingerprint density at radius 1 is 1.18 bits per heavy atom. The van der Waals surface area contributed by atoms with Crippen LogP contribution in [0.25, 0.3) is 0 Å². The minimum absolute atomic E-state index is 0.0652. The van der Waals surface area contributed by atoms with Crippen molar-refractivity contribution in [2.24, 2.45) is 11.7 Å². The molecule has 28 heavy (non-hydrogen) atoms. The average molecular weight is 398 g/mol. The second kappa shape index (κ2) is 7.39. The lowest BCUT2D eigenvalue weighted by Gasteiger charge is -2.17. The molecule has 1 saturated heterocycles. The molecule has 0 saturated carbocycles. The van der Waals surface area contributed by atoms with Gasteiger partial charge in [-0.1, -0.05) is 17.7 Å². The van der Waals surface area contributed by atoms with Crippen molar-refractivity contribution in [1.82, 2.24) is 0 Å². The van der Waals surface area contributed by atoms with Gasteiger partial charge in [0.15, 0.2) is 0 Å². The summed E-state index contributed by atoms with van der Waals surface area (Å²) in [7, 11) is 0. The molecule has 7 heteroatoms. The molecule has 0 radical (unpaired) electrons. The summed E-state index contributed by atoms with van der Waals surface area (Å²) in [5.41, 5.74) is 8.96. The van der Waals surface area contributed by atoms with E-state index in [4.69, 9.17) is 5.73 Å². The number of thiophene rings is 1. The van der Waals surface area contributed by atoms with Gasteiger partial charge in [-0.3, -0.25) is 14.4 Å². The molecular formula is C21H23N3O3S. The summed E-state index contributed by atoms with van der Waals surface area (Å²) >= 11 is 1.45. The molecule has 1 aliphatic carbocycles. The molecule has 1 aromatic carbocycles. The van der Waals surface area contributed by atoms with Crippen LogP contribution in [0.2, 0.25) is 0 Å². The Bertz CT molecular complexity index is 949.